The van der Waals surface area contributed by atoms with Gasteiger partial charge in [-0.05, 0) is 225 Å². The smallest absolute Gasteiger partial charge is 0.240 e. The molecule has 0 spiro atoms. The first-order chi connectivity index (χ1) is 43.9. The molecule has 18 nitrogen and oxygen atoms in total. The highest BCUT2D eigenvalue weighted by Gasteiger charge is 2.41. The van der Waals surface area contributed by atoms with E-state index in [1.54, 1.807) is 0 Å². The molecule has 11 aliphatic rings. The van der Waals surface area contributed by atoms with Crippen LogP contribution in [0.4, 0.5) is 0 Å². The summed E-state index contributed by atoms with van der Waals surface area (Å²) >= 11 is 0. The largest absolute Gasteiger partial charge is 0.355 e. The van der Waals surface area contributed by atoms with E-state index in [4.69, 9.17) is 0 Å². The Morgan fingerprint density at radius 1 is 0.253 bits per heavy atom. The molecule has 6 amide bonds. The zero-order chi connectivity index (χ0) is 66.0. The molecular weight excluding hydrogens is 1140 g/mol. The van der Waals surface area contributed by atoms with Crippen LogP contribution in [0.15, 0.2) is 0 Å². The molecule has 6 aliphatic heterocycles. The van der Waals surface area contributed by atoms with Gasteiger partial charge in [0, 0.05) is 69.5 Å². The van der Waals surface area contributed by atoms with Gasteiger partial charge in [-0.15, -0.1) is 0 Å². The van der Waals surface area contributed by atoms with Crippen molar-refractivity contribution in [3.63, 3.8) is 0 Å². The Morgan fingerprint density at radius 3 is 0.692 bits per heavy atom. The summed E-state index contributed by atoms with van der Waals surface area (Å²) in [5, 5.41) is 21.9. The number of amides is 6. The monoisotopic (exact) mass is 1280 g/mol. The lowest BCUT2D eigenvalue weighted by atomic mass is 9.90. The highest BCUT2D eigenvalue weighted by molar-refractivity contribution is 5.85. The fraction of sp³-hybridized carbons (Fsp3) is 0.918. The summed E-state index contributed by atoms with van der Waals surface area (Å²) in [4.78, 5) is 84.1. The topological polar surface area (TPSA) is 203 Å². The lowest BCUT2D eigenvalue weighted by molar-refractivity contribution is -0.138. The molecule has 12 unspecified atom stereocenters. The first-order valence-electron chi connectivity index (χ1n) is 37.8. The summed E-state index contributed by atoms with van der Waals surface area (Å²) in [6.45, 7) is 18.8. The van der Waals surface area contributed by atoms with Gasteiger partial charge in [-0.1, -0.05) is 99.3 Å². The maximum Gasteiger partial charge on any atom is 0.240 e. The maximum atomic E-state index is 12.7. The van der Waals surface area contributed by atoms with Crippen molar-refractivity contribution in [3.05, 3.63) is 0 Å². The van der Waals surface area contributed by atoms with Gasteiger partial charge < -0.3 is 61.7 Å². The fourth-order valence-electron chi connectivity index (χ4n) is 17.1. The number of likely N-dealkylation sites (tertiary alicyclic amines) is 5. The predicted octanol–water partition coefficient (Wildman–Crippen LogP) is 9.00. The summed E-state index contributed by atoms with van der Waals surface area (Å²) in [6, 6.07) is 2.94. The minimum absolute atomic E-state index is 0.0116. The van der Waals surface area contributed by atoms with Crippen LogP contribution in [0.2, 0.25) is 0 Å². The van der Waals surface area contributed by atoms with E-state index in [2.05, 4.69) is 103 Å². The Morgan fingerprint density at radius 2 is 0.462 bits per heavy atom. The molecule has 0 radical (unpaired) electrons. The molecule has 6 saturated heterocycles. The zero-order valence-corrected chi connectivity index (χ0v) is 59.9. The lowest BCUT2D eigenvalue weighted by Crippen LogP contribution is -2.52. The maximum absolute atomic E-state index is 12.7. The zero-order valence-electron chi connectivity index (χ0n) is 59.9. The van der Waals surface area contributed by atoms with Crippen molar-refractivity contribution < 1.29 is 28.8 Å². The van der Waals surface area contributed by atoms with Crippen molar-refractivity contribution in [2.24, 2.45) is 35.5 Å². The highest BCUT2D eigenvalue weighted by atomic mass is 16.2. The summed E-state index contributed by atoms with van der Waals surface area (Å²) in [6.07, 6.45) is 39.2. The molecule has 18 heteroatoms. The number of nitrogens with one attached hydrogen (secondary N) is 7. The number of nitrogens with zero attached hydrogens (tertiary/aromatic N) is 5. The molecule has 5 saturated carbocycles. The normalized spacial score (nSPS) is 33.1. The molecule has 11 rings (SSSR count). The van der Waals surface area contributed by atoms with Crippen molar-refractivity contribution >= 4 is 35.4 Å². The standard InChI is InChI=1S/C15H28N2O.C14H26N2O.C13H24N2O.C12H22N2O.C11H20N2O.C8H16N2O/c1-12-8-7-11-17(15(18)14(12)16-2)13-9-5-3-4-6-10-13;1-11-7-6-10-16(14(17)13(11)15-2)12-8-4-3-5-9-12;1-10-6-5-9-15(11-7-3-4-8-11)13(16)12(10)14-2;1-9-5-4-8-14(10-6-3-7-10)12(15)11(9)13-2;1-8-4-3-7-13(9-5-6-9)11(14)10(8)12-2;1-6-4-3-5-10-8(11)7(6)9-2/h12-14,16H,3-11H2,1-2H3;11-13,15H,3-10H2,1-2H3;10-12,14H,3-9H2,1-2H3;9-11,13H,3-8H2,1-2H3;8-10,12H,3-7H2,1-2H3;6-7,9H,3-5H2,1-2H3,(H,10,11). The molecule has 5 aliphatic carbocycles. The van der Waals surface area contributed by atoms with Crippen LogP contribution in [-0.4, -0.2) is 208 Å². The van der Waals surface area contributed by atoms with Gasteiger partial charge in [-0.25, -0.2) is 0 Å². The summed E-state index contributed by atoms with van der Waals surface area (Å²) in [7, 11) is 11.4. The third-order valence-electron chi connectivity index (χ3n) is 23.3. The Labute approximate surface area is 554 Å². The van der Waals surface area contributed by atoms with Gasteiger partial charge in [-0.2, -0.15) is 0 Å². The minimum Gasteiger partial charge on any atom is -0.355 e. The average Bonchev–Trinajstić information content (AvgIpc) is 2.03. The molecule has 11 fully saturated rings. The van der Waals surface area contributed by atoms with Gasteiger partial charge in [0.2, 0.25) is 35.4 Å². The van der Waals surface area contributed by atoms with Crippen molar-refractivity contribution in [2.45, 2.75) is 313 Å². The summed E-state index contributed by atoms with van der Waals surface area (Å²) in [5.41, 5.74) is 0. The third kappa shape index (κ3) is 22.3. The van der Waals surface area contributed by atoms with E-state index in [1.807, 2.05) is 42.3 Å². The Kier molecular flexibility index (Phi) is 33.8. The molecule has 91 heavy (non-hydrogen) atoms. The van der Waals surface area contributed by atoms with E-state index in [1.165, 1.54) is 193 Å². The molecular formula is C73H136N12O6. The van der Waals surface area contributed by atoms with Crippen LogP contribution in [0.1, 0.15) is 247 Å². The van der Waals surface area contributed by atoms with Crippen LogP contribution in [0.3, 0.4) is 0 Å². The molecule has 6 heterocycles. The average molecular weight is 1280 g/mol. The highest BCUT2D eigenvalue weighted by Crippen LogP contribution is 2.34. The quantitative estimate of drug-likeness (QED) is 0.0970. The minimum atomic E-state index is 0.0116. The number of rotatable bonds is 11. The van der Waals surface area contributed by atoms with Crippen LogP contribution in [0.5, 0.6) is 0 Å². The van der Waals surface area contributed by atoms with Crippen LogP contribution < -0.4 is 37.2 Å². The molecule has 0 bridgehead atoms. The van der Waals surface area contributed by atoms with Gasteiger partial charge in [0.1, 0.15) is 0 Å². The third-order valence-corrected chi connectivity index (χ3v) is 23.3. The van der Waals surface area contributed by atoms with E-state index in [-0.39, 0.29) is 42.2 Å². The van der Waals surface area contributed by atoms with Crippen molar-refractivity contribution in [1.29, 1.82) is 0 Å². The Bertz CT molecular complexity index is 2140. The second-order valence-electron chi connectivity index (χ2n) is 30.0. The molecule has 0 aromatic carbocycles. The number of likely N-dealkylation sites (N-methyl/N-ethyl adjacent to an activating group) is 6. The SMILES string of the molecule is CNC1C(=O)N(C2CC2)CCCC1C.CNC1C(=O)N(C2CCC2)CCCC1C.CNC1C(=O)N(C2CCCC2)CCCC1C.CNC1C(=O)N(C2CCCCC2)CCCC1C.CNC1C(=O)N(C2CCCCCC2)CCCC1C.CNC1C(=O)NCCCC1C. The predicted molar refractivity (Wildman–Crippen MR) is 370 cm³/mol. The van der Waals surface area contributed by atoms with Gasteiger partial charge in [0.05, 0.1) is 36.3 Å². The van der Waals surface area contributed by atoms with E-state index < -0.39 is 0 Å². The van der Waals surface area contributed by atoms with Crippen LogP contribution in [0, 0.1) is 35.5 Å². The van der Waals surface area contributed by atoms with Crippen molar-refractivity contribution in [2.75, 3.05) is 81.6 Å². The van der Waals surface area contributed by atoms with E-state index in [9.17, 15) is 28.8 Å². The van der Waals surface area contributed by atoms with E-state index >= 15 is 0 Å². The van der Waals surface area contributed by atoms with Gasteiger partial charge in [-0.3, -0.25) is 28.8 Å². The second kappa shape index (κ2) is 40.2. The molecule has 7 N–H and O–H groups in total. The number of carbonyl (C=O) groups excluding carboxylic acids is 6. The number of hydrogen-bond acceptors (Lipinski definition) is 12. The lowest BCUT2D eigenvalue weighted by Gasteiger charge is -2.38. The summed E-state index contributed by atoms with van der Waals surface area (Å²) < 4.78 is 0. The fourth-order valence-corrected chi connectivity index (χ4v) is 17.1. The Hall–Kier alpha value is -3.42. The number of carbonyl (C=O) groups is 6. The first-order valence-corrected chi connectivity index (χ1v) is 37.8. The van der Waals surface area contributed by atoms with Gasteiger partial charge in [0.15, 0.2) is 0 Å². The molecule has 12 atom stereocenters. The van der Waals surface area contributed by atoms with Gasteiger partial charge in [0.25, 0.3) is 0 Å². The van der Waals surface area contributed by atoms with Crippen LogP contribution >= 0.6 is 0 Å². The van der Waals surface area contributed by atoms with E-state index in [0.717, 1.165) is 52.1 Å². The first kappa shape index (κ1) is 76.6. The van der Waals surface area contributed by atoms with Crippen molar-refractivity contribution in [1.82, 2.24) is 61.7 Å². The molecule has 524 valence electrons. The van der Waals surface area contributed by atoms with Gasteiger partial charge >= 0.3 is 0 Å². The van der Waals surface area contributed by atoms with E-state index in [0.29, 0.717) is 95.3 Å². The van der Waals surface area contributed by atoms with Crippen LogP contribution in [-0.2, 0) is 28.8 Å². The Balaban J connectivity index is 0.000000175. The van der Waals surface area contributed by atoms with Crippen LogP contribution in [0.25, 0.3) is 0 Å². The second-order valence-corrected chi connectivity index (χ2v) is 30.0. The summed E-state index contributed by atoms with van der Waals surface area (Å²) in [5.74, 6) is 4.72. The van der Waals surface area contributed by atoms with Crippen molar-refractivity contribution in [3.8, 4) is 0 Å². The molecule has 0 aromatic heterocycles. The number of hydrogen-bond donors (Lipinski definition) is 7. The molecule has 0 aromatic rings.